The van der Waals surface area contributed by atoms with Crippen molar-refractivity contribution in [2.75, 3.05) is 6.61 Å². The van der Waals surface area contributed by atoms with E-state index in [2.05, 4.69) is 5.32 Å². The fraction of sp³-hybridized carbons (Fsp3) is 0.818. The van der Waals surface area contributed by atoms with Gasteiger partial charge in [0.25, 0.3) is 0 Å². The van der Waals surface area contributed by atoms with E-state index in [0.717, 1.165) is 25.7 Å². The van der Waals surface area contributed by atoms with Crippen LogP contribution >= 0.6 is 0 Å². The van der Waals surface area contributed by atoms with Crippen LogP contribution < -0.4 is 5.32 Å². The number of ether oxygens (including phenoxy) is 1. The van der Waals surface area contributed by atoms with Crippen molar-refractivity contribution in [2.24, 2.45) is 5.92 Å². The molecule has 0 bridgehead atoms. The molecule has 0 aliphatic heterocycles. The lowest BCUT2D eigenvalue weighted by molar-refractivity contribution is -0.143. The molecule has 5 nitrogen and oxygen atoms in total. The minimum absolute atomic E-state index is 0.282. The number of carbonyl (C=O) groups is 2. The van der Waals surface area contributed by atoms with E-state index in [1.54, 1.807) is 0 Å². The fourth-order valence-corrected chi connectivity index (χ4v) is 1.99. The predicted octanol–water partition coefficient (Wildman–Crippen LogP) is 1.77. The van der Waals surface area contributed by atoms with E-state index < -0.39 is 18.0 Å². The Morgan fingerprint density at radius 3 is 2.69 bits per heavy atom. The molecule has 0 aromatic heterocycles. The molecule has 0 spiro atoms. The number of hydrogen-bond donors (Lipinski definition) is 2. The van der Waals surface area contributed by atoms with E-state index in [4.69, 9.17) is 9.84 Å². The van der Waals surface area contributed by atoms with Gasteiger partial charge in [0.1, 0.15) is 0 Å². The molecule has 0 radical (unpaired) electrons. The molecule has 2 N–H and O–H groups in total. The lowest BCUT2D eigenvalue weighted by atomic mass is 9.85. The maximum atomic E-state index is 11.3. The van der Waals surface area contributed by atoms with Gasteiger partial charge in [0.05, 0.1) is 12.5 Å². The van der Waals surface area contributed by atoms with Crippen LogP contribution in [0.3, 0.4) is 0 Å². The zero-order valence-electron chi connectivity index (χ0n) is 9.57. The molecular weight excluding hydrogens is 210 g/mol. The molecule has 1 aliphatic rings. The standard InChI is InChI=1S/C11H19NO4/c1-2-7-16-11(15)12-9-6-4-3-5-8(9)10(13)14/h8-9H,2-7H2,1H3,(H,12,15)(H,13,14). The number of alkyl carbamates (subject to hydrolysis) is 1. The van der Waals surface area contributed by atoms with Crippen molar-refractivity contribution in [3.8, 4) is 0 Å². The molecule has 0 saturated heterocycles. The smallest absolute Gasteiger partial charge is 0.407 e. The number of nitrogens with one attached hydrogen (secondary N) is 1. The number of carbonyl (C=O) groups excluding carboxylic acids is 1. The van der Waals surface area contributed by atoms with Crippen molar-refractivity contribution in [1.29, 1.82) is 0 Å². The first-order valence-corrected chi connectivity index (χ1v) is 5.81. The highest BCUT2D eigenvalue weighted by Crippen LogP contribution is 2.24. The zero-order valence-corrected chi connectivity index (χ0v) is 9.57. The summed E-state index contributed by atoms with van der Waals surface area (Å²) in [4.78, 5) is 22.3. The Bertz CT molecular complexity index is 254. The van der Waals surface area contributed by atoms with Gasteiger partial charge in [-0.3, -0.25) is 4.79 Å². The fourth-order valence-electron chi connectivity index (χ4n) is 1.99. The monoisotopic (exact) mass is 229 g/mol. The Balaban J connectivity index is 2.43. The normalized spacial score (nSPS) is 24.8. The Labute approximate surface area is 95.2 Å². The van der Waals surface area contributed by atoms with Gasteiger partial charge in [0.15, 0.2) is 0 Å². The second-order valence-electron chi connectivity index (χ2n) is 4.12. The third kappa shape index (κ3) is 3.72. The van der Waals surface area contributed by atoms with Crippen LogP contribution in [-0.2, 0) is 9.53 Å². The first kappa shape index (κ1) is 12.8. The lowest BCUT2D eigenvalue weighted by Crippen LogP contribution is -2.45. The Morgan fingerprint density at radius 1 is 1.38 bits per heavy atom. The maximum absolute atomic E-state index is 11.3. The van der Waals surface area contributed by atoms with Crippen molar-refractivity contribution in [3.63, 3.8) is 0 Å². The third-order valence-corrected chi connectivity index (χ3v) is 2.82. The Kier molecular flexibility index (Phi) is 5.08. The molecule has 92 valence electrons. The molecule has 2 unspecified atom stereocenters. The molecule has 1 aliphatic carbocycles. The average molecular weight is 229 g/mol. The van der Waals surface area contributed by atoms with Crippen molar-refractivity contribution in [3.05, 3.63) is 0 Å². The Morgan fingerprint density at radius 2 is 2.06 bits per heavy atom. The van der Waals surface area contributed by atoms with Crippen LogP contribution in [0.2, 0.25) is 0 Å². The van der Waals surface area contributed by atoms with Crippen LogP contribution in [0.4, 0.5) is 4.79 Å². The SMILES string of the molecule is CCCOC(=O)NC1CCCCC1C(=O)O. The van der Waals surface area contributed by atoms with Gasteiger partial charge in [-0.25, -0.2) is 4.79 Å². The van der Waals surface area contributed by atoms with Crippen LogP contribution in [0, 0.1) is 5.92 Å². The maximum Gasteiger partial charge on any atom is 0.407 e. The van der Waals surface area contributed by atoms with Gasteiger partial charge in [-0.1, -0.05) is 19.8 Å². The van der Waals surface area contributed by atoms with E-state index in [0.29, 0.717) is 13.0 Å². The van der Waals surface area contributed by atoms with E-state index in [-0.39, 0.29) is 6.04 Å². The van der Waals surface area contributed by atoms with Crippen LogP contribution in [0.15, 0.2) is 0 Å². The molecule has 0 aromatic carbocycles. The number of hydrogen-bond acceptors (Lipinski definition) is 3. The predicted molar refractivity (Wildman–Crippen MR) is 58.2 cm³/mol. The van der Waals surface area contributed by atoms with Gasteiger partial charge < -0.3 is 15.2 Å². The summed E-state index contributed by atoms with van der Waals surface area (Å²) in [5.41, 5.74) is 0. The van der Waals surface area contributed by atoms with Gasteiger partial charge >= 0.3 is 12.1 Å². The van der Waals surface area contributed by atoms with E-state index in [1.165, 1.54) is 0 Å². The van der Waals surface area contributed by atoms with Gasteiger partial charge in [-0.2, -0.15) is 0 Å². The highest BCUT2D eigenvalue weighted by molar-refractivity contribution is 5.73. The summed E-state index contributed by atoms with van der Waals surface area (Å²) in [6, 6.07) is -0.282. The van der Waals surface area contributed by atoms with E-state index in [9.17, 15) is 9.59 Å². The molecule has 1 rings (SSSR count). The van der Waals surface area contributed by atoms with Gasteiger partial charge in [-0.15, -0.1) is 0 Å². The zero-order chi connectivity index (χ0) is 12.0. The summed E-state index contributed by atoms with van der Waals surface area (Å²) in [5.74, 6) is -1.30. The highest BCUT2D eigenvalue weighted by Gasteiger charge is 2.32. The quantitative estimate of drug-likeness (QED) is 0.770. The third-order valence-electron chi connectivity index (χ3n) is 2.82. The molecule has 1 amide bonds. The van der Waals surface area contributed by atoms with Crippen molar-refractivity contribution in [1.82, 2.24) is 5.32 Å². The molecule has 16 heavy (non-hydrogen) atoms. The van der Waals surface area contributed by atoms with Crippen LogP contribution in [-0.4, -0.2) is 29.8 Å². The van der Waals surface area contributed by atoms with Crippen molar-refractivity contribution in [2.45, 2.75) is 45.1 Å². The first-order valence-electron chi connectivity index (χ1n) is 5.81. The van der Waals surface area contributed by atoms with Crippen LogP contribution in [0.5, 0.6) is 0 Å². The van der Waals surface area contributed by atoms with E-state index >= 15 is 0 Å². The number of carboxylic acid groups (broad SMARTS) is 1. The number of amides is 1. The molecule has 1 fully saturated rings. The van der Waals surface area contributed by atoms with Gasteiger partial charge in [-0.05, 0) is 19.3 Å². The minimum atomic E-state index is -0.833. The summed E-state index contributed by atoms with van der Waals surface area (Å²) < 4.78 is 4.88. The molecule has 1 saturated carbocycles. The van der Waals surface area contributed by atoms with Crippen LogP contribution in [0.25, 0.3) is 0 Å². The number of aliphatic carboxylic acids is 1. The average Bonchev–Trinajstić information content (AvgIpc) is 2.27. The molecule has 5 heteroatoms. The second kappa shape index (κ2) is 6.35. The van der Waals surface area contributed by atoms with E-state index in [1.807, 2.05) is 6.92 Å². The number of rotatable bonds is 4. The largest absolute Gasteiger partial charge is 0.481 e. The van der Waals surface area contributed by atoms with Gasteiger partial charge in [0, 0.05) is 6.04 Å². The highest BCUT2D eigenvalue weighted by atomic mass is 16.5. The second-order valence-corrected chi connectivity index (χ2v) is 4.12. The van der Waals surface area contributed by atoms with Gasteiger partial charge in [0.2, 0.25) is 0 Å². The van der Waals surface area contributed by atoms with Crippen molar-refractivity contribution < 1.29 is 19.4 Å². The van der Waals surface area contributed by atoms with Crippen molar-refractivity contribution >= 4 is 12.1 Å². The summed E-state index contributed by atoms with van der Waals surface area (Å²) in [6.45, 7) is 2.28. The summed E-state index contributed by atoms with van der Waals surface area (Å²) in [5, 5.41) is 11.6. The summed E-state index contributed by atoms with van der Waals surface area (Å²) >= 11 is 0. The molecule has 0 heterocycles. The minimum Gasteiger partial charge on any atom is -0.481 e. The van der Waals surface area contributed by atoms with Crippen LogP contribution in [0.1, 0.15) is 39.0 Å². The molecule has 2 atom stereocenters. The topological polar surface area (TPSA) is 75.6 Å². The lowest BCUT2D eigenvalue weighted by Gasteiger charge is -2.28. The molecular formula is C11H19NO4. The summed E-state index contributed by atoms with van der Waals surface area (Å²) in [6.07, 6.45) is 3.49. The number of carboxylic acids is 1. The Hall–Kier alpha value is -1.26. The summed E-state index contributed by atoms with van der Waals surface area (Å²) in [7, 11) is 0. The first-order chi connectivity index (χ1) is 7.65. The molecule has 0 aromatic rings.